The van der Waals surface area contributed by atoms with Crippen molar-refractivity contribution >= 4 is 33.4 Å². The molecule has 0 fully saturated rings. The quantitative estimate of drug-likeness (QED) is 0.865. The van der Waals surface area contributed by atoms with Gasteiger partial charge in [-0.3, -0.25) is 9.59 Å². The maximum absolute atomic E-state index is 11.7. The standard InChI is InChI=1S/C15H21BrN2O2/c1-11(2)10-17-15(20)7-8-18(12(3)19)14-6-4-5-13(16)9-14/h4-6,9,11H,7-8,10H2,1-3H3,(H,17,20). The molecule has 1 aromatic carbocycles. The van der Waals surface area contributed by atoms with Crippen LogP contribution in [-0.2, 0) is 9.59 Å². The van der Waals surface area contributed by atoms with Crippen molar-refractivity contribution < 1.29 is 9.59 Å². The van der Waals surface area contributed by atoms with E-state index in [1.165, 1.54) is 6.92 Å². The lowest BCUT2D eigenvalue weighted by molar-refractivity contribution is -0.121. The summed E-state index contributed by atoms with van der Waals surface area (Å²) in [4.78, 5) is 25.0. The molecule has 20 heavy (non-hydrogen) atoms. The SMILES string of the molecule is CC(=O)N(CCC(=O)NCC(C)C)c1cccc(Br)c1. The molecule has 0 unspecified atom stereocenters. The predicted molar refractivity (Wildman–Crippen MR) is 84.6 cm³/mol. The Bertz CT molecular complexity index is 475. The Labute approximate surface area is 128 Å². The molecular weight excluding hydrogens is 320 g/mol. The summed E-state index contributed by atoms with van der Waals surface area (Å²) in [6.07, 6.45) is 0.304. The number of anilines is 1. The Morgan fingerprint density at radius 1 is 1.35 bits per heavy atom. The summed E-state index contributed by atoms with van der Waals surface area (Å²) in [7, 11) is 0. The van der Waals surface area contributed by atoms with Crippen LogP contribution in [0.4, 0.5) is 5.69 Å². The fraction of sp³-hybridized carbons (Fsp3) is 0.467. The number of benzene rings is 1. The summed E-state index contributed by atoms with van der Waals surface area (Å²) in [6.45, 7) is 6.64. The van der Waals surface area contributed by atoms with Crippen molar-refractivity contribution in [1.29, 1.82) is 0 Å². The molecule has 0 bridgehead atoms. The van der Waals surface area contributed by atoms with Gasteiger partial charge in [-0.2, -0.15) is 0 Å². The van der Waals surface area contributed by atoms with Crippen LogP contribution in [0.25, 0.3) is 0 Å². The van der Waals surface area contributed by atoms with Crippen LogP contribution in [0.3, 0.4) is 0 Å². The first-order valence-corrected chi connectivity index (χ1v) is 7.50. The molecule has 1 rings (SSSR count). The lowest BCUT2D eigenvalue weighted by Crippen LogP contribution is -2.34. The second kappa shape index (κ2) is 8.04. The van der Waals surface area contributed by atoms with Gasteiger partial charge in [0.15, 0.2) is 0 Å². The van der Waals surface area contributed by atoms with Gasteiger partial charge in [-0.05, 0) is 24.1 Å². The highest BCUT2D eigenvalue weighted by molar-refractivity contribution is 9.10. The first-order chi connectivity index (χ1) is 9.40. The number of nitrogens with zero attached hydrogens (tertiary/aromatic N) is 1. The number of carbonyl (C=O) groups excluding carboxylic acids is 2. The maximum atomic E-state index is 11.7. The lowest BCUT2D eigenvalue weighted by atomic mass is 10.2. The Morgan fingerprint density at radius 3 is 2.60 bits per heavy atom. The van der Waals surface area contributed by atoms with E-state index in [-0.39, 0.29) is 11.8 Å². The summed E-state index contributed by atoms with van der Waals surface area (Å²) in [5.41, 5.74) is 0.795. The van der Waals surface area contributed by atoms with Gasteiger partial charge in [0, 0.05) is 36.6 Å². The number of amides is 2. The van der Waals surface area contributed by atoms with E-state index in [0.717, 1.165) is 10.2 Å². The van der Waals surface area contributed by atoms with E-state index in [1.807, 2.05) is 38.1 Å². The van der Waals surface area contributed by atoms with Crippen molar-refractivity contribution in [2.75, 3.05) is 18.0 Å². The number of nitrogens with one attached hydrogen (secondary N) is 1. The Hall–Kier alpha value is -1.36. The van der Waals surface area contributed by atoms with E-state index in [4.69, 9.17) is 0 Å². The van der Waals surface area contributed by atoms with Crippen LogP contribution >= 0.6 is 15.9 Å². The zero-order chi connectivity index (χ0) is 15.1. The first-order valence-electron chi connectivity index (χ1n) is 6.70. The molecule has 1 aromatic rings. The maximum Gasteiger partial charge on any atom is 0.223 e. The molecule has 0 aliphatic carbocycles. The van der Waals surface area contributed by atoms with Gasteiger partial charge in [-0.25, -0.2) is 0 Å². The largest absolute Gasteiger partial charge is 0.356 e. The van der Waals surface area contributed by atoms with Gasteiger partial charge >= 0.3 is 0 Å². The fourth-order valence-corrected chi connectivity index (χ4v) is 2.12. The molecule has 5 heteroatoms. The van der Waals surface area contributed by atoms with Gasteiger partial charge in [-0.15, -0.1) is 0 Å². The number of hydrogen-bond acceptors (Lipinski definition) is 2. The second-order valence-corrected chi connectivity index (χ2v) is 6.01. The topological polar surface area (TPSA) is 49.4 Å². The number of carbonyl (C=O) groups is 2. The van der Waals surface area contributed by atoms with Crippen LogP contribution in [-0.4, -0.2) is 24.9 Å². The third-order valence-corrected chi connectivity index (χ3v) is 3.26. The van der Waals surface area contributed by atoms with Crippen LogP contribution in [0.15, 0.2) is 28.7 Å². The van der Waals surface area contributed by atoms with Gasteiger partial charge in [0.25, 0.3) is 0 Å². The molecule has 110 valence electrons. The van der Waals surface area contributed by atoms with Crippen LogP contribution in [0.5, 0.6) is 0 Å². The monoisotopic (exact) mass is 340 g/mol. The molecule has 0 heterocycles. The second-order valence-electron chi connectivity index (χ2n) is 5.10. The van der Waals surface area contributed by atoms with Crippen LogP contribution in [0.1, 0.15) is 27.2 Å². The van der Waals surface area contributed by atoms with Crippen LogP contribution < -0.4 is 10.2 Å². The normalized spacial score (nSPS) is 10.4. The number of hydrogen-bond donors (Lipinski definition) is 1. The van der Waals surface area contributed by atoms with Gasteiger partial charge in [-0.1, -0.05) is 35.8 Å². The van der Waals surface area contributed by atoms with E-state index in [1.54, 1.807) is 4.90 Å². The molecule has 0 radical (unpaired) electrons. The molecule has 1 N–H and O–H groups in total. The van der Waals surface area contributed by atoms with E-state index in [0.29, 0.717) is 25.4 Å². The highest BCUT2D eigenvalue weighted by Gasteiger charge is 2.13. The number of rotatable bonds is 6. The third-order valence-electron chi connectivity index (χ3n) is 2.77. The molecule has 0 saturated carbocycles. The average Bonchev–Trinajstić information content (AvgIpc) is 2.36. The molecule has 0 saturated heterocycles. The molecule has 0 aliphatic rings. The molecule has 0 atom stereocenters. The molecule has 4 nitrogen and oxygen atoms in total. The van der Waals surface area contributed by atoms with Gasteiger partial charge < -0.3 is 10.2 Å². The molecule has 0 spiro atoms. The van der Waals surface area contributed by atoms with E-state index >= 15 is 0 Å². The smallest absolute Gasteiger partial charge is 0.223 e. The minimum Gasteiger partial charge on any atom is -0.356 e. The predicted octanol–water partition coefficient (Wildman–Crippen LogP) is 2.96. The van der Waals surface area contributed by atoms with Crippen LogP contribution in [0, 0.1) is 5.92 Å². The minimum atomic E-state index is -0.0697. The fourth-order valence-electron chi connectivity index (χ4n) is 1.73. The van der Waals surface area contributed by atoms with Crippen molar-refractivity contribution in [3.05, 3.63) is 28.7 Å². The molecule has 0 aromatic heterocycles. The minimum absolute atomic E-state index is 0.0278. The highest BCUT2D eigenvalue weighted by Crippen LogP contribution is 2.20. The Morgan fingerprint density at radius 2 is 2.05 bits per heavy atom. The first kappa shape index (κ1) is 16.7. The lowest BCUT2D eigenvalue weighted by Gasteiger charge is -2.21. The summed E-state index contributed by atoms with van der Waals surface area (Å²) < 4.78 is 0.908. The molecule has 2 amide bonds. The van der Waals surface area contributed by atoms with E-state index in [9.17, 15) is 9.59 Å². The summed E-state index contributed by atoms with van der Waals surface area (Å²) in [5, 5.41) is 2.85. The van der Waals surface area contributed by atoms with E-state index < -0.39 is 0 Å². The zero-order valence-corrected chi connectivity index (χ0v) is 13.7. The van der Waals surface area contributed by atoms with Crippen LogP contribution in [0.2, 0.25) is 0 Å². The Balaban J connectivity index is 2.61. The van der Waals surface area contributed by atoms with Gasteiger partial charge in [0.05, 0.1) is 0 Å². The zero-order valence-electron chi connectivity index (χ0n) is 12.1. The summed E-state index contributed by atoms with van der Waals surface area (Å²) >= 11 is 3.38. The molecular formula is C15H21BrN2O2. The van der Waals surface area contributed by atoms with Crippen molar-refractivity contribution in [3.8, 4) is 0 Å². The summed E-state index contributed by atoms with van der Waals surface area (Å²) in [5.74, 6) is 0.327. The highest BCUT2D eigenvalue weighted by atomic mass is 79.9. The summed E-state index contributed by atoms with van der Waals surface area (Å²) in [6, 6.07) is 7.50. The average molecular weight is 341 g/mol. The van der Waals surface area contributed by atoms with Crippen molar-refractivity contribution in [2.45, 2.75) is 27.2 Å². The van der Waals surface area contributed by atoms with Gasteiger partial charge in [0.2, 0.25) is 11.8 Å². The van der Waals surface area contributed by atoms with Crippen molar-refractivity contribution in [2.24, 2.45) is 5.92 Å². The number of halogens is 1. The Kier molecular flexibility index (Phi) is 6.71. The third kappa shape index (κ3) is 5.74. The van der Waals surface area contributed by atoms with E-state index in [2.05, 4.69) is 21.2 Å². The molecule has 0 aliphatic heterocycles. The van der Waals surface area contributed by atoms with Crippen molar-refractivity contribution in [3.63, 3.8) is 0 Å². The van der Waals surface area contributed by atoms with Gasteiger partial charge in [0.1, 0.15) is 0 Å². The van der Waals surface area contributed by atoms with Crippen molar-refractivity contribution in [1.82, 2.24) is 5.32 Å².